The molecule has 2 rings (SSSR count). The van der Waals surface area contributed by atoms with Crippen LogP contribution in [0.1, 0.15) is 11.1 Å². The van der Waals surface area contributed by atoms with Crippen molar-refractivity contribution in [3.05, 3.63) is 65.7 Å². The number of hydrogen-bond donors (Lipinski definition) is 1. The topological polar surface area (TPSA) is 20.2 Å². The first-order valence-corrected chi connectivity index (χ1v) is 4.87. The van der Waals surface area contributed by atoms with Crippen LogP contribution in [0, 0.1) is 0 Å². The van der Waals surface area contributed by atoms with Crippen LogP contribution in [-0.2, 0) is 0 Å². The first-order chi connectivity index (χ1) is 7.34. The van der Waals surface area contributed by atoms with Crippen molar-refractivity contribution in [1.29, 1.82) is 0 Å². The second-order valence-electron chi connectivity index (χ2n) is 3.34. The van der Waals surface area contributed by atoms with Gasteiger partial charge in [0, 0.05) is 0 Å². The Kier molecular flexibility index (Phi) is 6.02. The van der Waals surface area contributed by atoms with E-state index in [1.165, 1.54) is 0 Å². The van der Waals surface area contributed by atoms with Gasteiger partial charge in [0.15, 0.2) is 0 Å². The van der Waals surface area contributed by atoms with Gasteiger partial charge >= 0.3 is 51.4 Å². The van der Waals surface area contributed by atoms with Crippen molar-refractivity contribution < 1.29 is 56.5 Å². The van der Waals surface area contributed by atoms with Crippen LogP contribution in [0.4, 0.5) is 0 Å². The summed E-state index contributed by atoms with van der Waals surface area (Å²) in [7, 11) is 0. The zero-order valence-electron chi connectivity index (χ0n) is 9.30. The molecule has 0 heterocycles. The molecular weight excluding hydrogens is 223 g/mol. The summed E-state index contributed by atoms with van der Waals surface area (Å²) in [6, 6.07) is 17.3. The van der Waals surface area contributed by atoms with Gasteiger partial charge in [-0.1, -0.05) is 54.6 Å². The van der Waals surface area contributed by atoms with Crippen molar-refractivity contribution in [2.75, 3.05) is 0 Å². The van der Waals surface area contributed by atoms with Gasteiger partial charge in [-0.25, -0.2) is 0 Å². The van der Waals surface area contributed by atoms with Crippen LogP contribution in [0.5, 0.6) is 5.75 Å². The standard InChI is InChI=1S/C14H12O.K/c15-14-8-4-7-13(11-14)10-9-12-5-2-1-3-6-12;/h1-11,15H;/q;+1/b10-9+;. The van der Waals surface area contributed by atoms with E-state index in [0.717, 1.165) is 11.1 Å². The molecule has 0 atom stereocenters. The van der Waals surface area contributed by atoms with Crippen LogP contribution in [0.25, 0.3) is 12.2 Å². The van der Waals surface area contributed by atoms with Crippen LogP contribution in [0.3, 0.4) is 0 Å². The number of benzene rings is 2. The average molecular weight is 235 g/mol. The molecule has 0 aliphatic carbocycles. The molecular formula is C14H12KO+. The van der Waals surface area contributed by atoms with Crippen LogP contribution < -0.4 is 51.4 Å². The minimum atomic E-state index is 0. The van der Waals surface area contributed by atoms with Gasteiger partial charge in [0.25, 0.3) is 0 Å². The number of phenolic OH excluding ortho intramolecular Hbond substituents is 1. The van der Waals surface area contributed by atoms with E-state index in [4.69, 9.17) is 0 Å². The molecule has 0 saturated carbocycles. The van der Waals surface area contributed by atoms with E-state index in [1.54, 1.807) is 12.1 Å². The maximum Gasteiger partial charge on any atom is 1.00 e. The van der Waals surface area contributed by atoms with Gasteiger partial charge in [-0.15, -0.1) is 0 Å². The Balaban J connectivity index is 0.00000128. The number of phenols is 1. The smallest absolute Gasteiger partial charge is 0.508 e. The molecule has 1 N–H and O–H groups in total. The summed E-state index contributed by atoms with van der Waals surface area (Å²) in [5.41, 5.74) is 2.15. The maximum atomic E-state index is 9.28. The predicted molar refractivity (Wildman–Crippen MR) is 63.5 cm³/mol. The van der Waals surface area contributed by atoms with Gasteiger partial charge in [-0.2, -0.15) is 0 Å². The van der Waals surface area contributed by atoms with E-state index in [1.807, 2.05) is 54.6 Å². The van der Waals surface area contributed by atoms with E-state index < -0.39 is 0 Å². The average Bonchev–Trinajstić information content (AvgIpc) is 2.28. The summed E-state index contributed by atoms with van der Waals surface area (Å²) in [6.45, 7) is 0. The van der Waals surface area contributed by atoms with Crippen LogP contribution >= 0.6 is 0 Å². The third kappa shape index (κ3) is 4.24. The van der Waals surface area contributed by atoms with E-state index in [-0.39, 0.29) is 51.4 Å². The van der Waals surface area contributed by atoms with Gasteiger partial charge in [0.1, 0.15) is 5.75 Å². The SMILES string of the molecule is Oc1cccc(/C=C/c2ccccc2)c1.[K+]. The van der Waals surface area contributed by atoms with Crippen LogP contribution in [-0.4, -0.2) is 5.11 Å². The second-order valence-corrected chi connectivity index (χ2v) is 3.34. The Morgan fingerprint density at radius 3 is 2.06 bits per heavy atom. The van der Waals surface area contributed by atoms with E-state index in [0.29, 0.717) is 5.75 Å². The summed E-state index contributed by atoms with van der Waals surface area (Å²) in [5.74, 6) is 0.296. The van der Waals surface area contributed by atoms with Crippen molar-refractivity contribution in [3.8, 4) is 5.75 Å². The normalized spacial score (nSPS) is 10.0. The Labute approximate surface area is 138 Å². The first-order valence-electron chi connectivity index (χ1n) is 4.87. The Morgan fingerprint density at radius 2 is 1.38 bits per heavy atom. The van der Waals surface area contributed by atoms with Gasteiger partial charge in [-0.3, -0.25) is 0 Å². The Bertz CT molecular complexity index is 463. The molecule has 0 spiro atoms. The summed E-state index contributed by atoms with van der Waals surface area (Å²) in [4.78, 5) is 0. The zero-order valence-corrected chi connectivity index (χ0v) is 12.4. The van der Waals surface area contributed by atoms with Crippen molar-refractivity contribution in [2.24, 2.45) is 0 Å². The predicted octanol–water partition coefficient (Wildman–Crippen LogP) is 0.567. The van der Waals surface area contributed by atoms with Gasteiger partial charge in [0.05, 0.1) is 0 Å². The molecule has 0 amide bonds. The quantitative estimate of drug-likeness (QED) is 0.596. The molecule has 0 saturated heterocycles. The van der Waals surface area contributed by atoms with Crippen molar-refractivity contribution in [2.45, 2.75) is 0 Å². The first kappa shape index (κ1) is 13.7. The minimum Gasteiger partial charge on any atom is -0.508 e. The largest absolute Gasteiger partial charge is 1.00 e. The molecule has 0 aliphatic rings. The second kappa shape index (κ2) is 7.04. The molecule has 1 nitrogen and oxygen atoms in total. The van der Waals surface area contributed by atoms with E-state index in [2.05, 4.69) is 0 Å². The van der Waals surface area contributed by atoms with Gasteiger partial charge in [-0.05, 0) is 23.3 Å². The molecule has 74 valence electrons. The monoisotopic (exact) mass is 235 g/mol. The molecule has 2 aromatic carbocycles. The molecule has 0 fully saturated rings. The zero-order chi connectivity index (χ0) is 10.5. The molecule has 0 aliphatic heterocycles. The Hall–Kier alpha value is -0.384. The summed E-state index contributed by atoms with van der Waals surface area (Å²) in [5, 5.41) is 9.28. The Morgan fingerprint density at radius 1 is 0.750 bits per heavy atom. The third-order valence-electron chi connectivity index (χ3n) is 2.14. The van der Waals surface area contributed by atoms with Crippen molar-refractivity contribution >= 4 is 12.2 Å². The number of rotatable bonds is 2. The molecule has 16 heavy (non-hydrogen) atoms. The molecule has 0 radical (unpaired) electrons. The fourth-order valence-electron chi connectivity index (χ4n) is 1.39. The molecule has 2 aromatic rings. The summed E-state index contributed by atoms with van der Waals surface area (Å²) < 4.78 is 0. The summed E-state index contributed by atoms with van der Waals surface area (Å²) >= 11 is 0. The maximum absolute atomic E-state index is 9.28. The van der Waals surface area contributed by atoms with Crippen molar-refractivity contribution in [1.82, 2.24) is 0 Å². The fraction of sp³-hybridized carbons (Fsp3) is 0. The minimum absolute atomic E-state index is 0. The fourth-order valence-corrected chi connectivity index (χ4v) is 1.39. The van der Waals surface area contributed by atoms with Gasteiger partial charge < -0.3 is 5.11 Å². The molecule has 0 unspecified atom stereocenters. The molecule has 0 bridgehead atoms. The summed E-state index contributed by atoms with van der Waals surface area (Å²) in [6.07, 6.45) is 4.00. The molecule has 2 heteroatoms. The number of aromatic hydroxyl groups is 1. The van der Waals surface area contributed by atoms with E-state index in [9.17, 15) is 5.11 Å². The van der Waals surface area contributed by atoms with Crippen LogP contribution in [0.2, 0.25) is 0 Å². The van der Waals surface area contributed by atoms with E-state index >= 15 is 0 Å². The molecule has 0 aromatic heterocycles. The number of hydrogen-bond acceptors (Lipinski definition) is 1. The third-order valence-corrected chi connectivity index (χ3v) is 2.14. The van der Waals surface area contributed by atoms with Gasteiger partial charge in [0.2, 0.25) is 0 Å². The van der Waals surface area contributed by atoms with Crippen LogP contribution in [0.15, 0.2) is 54.6 Å². The van der Waals surface area contributed by atoms with Crippen molar-refractivity contribution in [3.63, 3.8) is 0 Å².